The largest absolute Gasteiger partial charge is 0.494 e. The number of hydrogen-bond acceptors (Lipinski definition) is 4. The minimum Gasteiger partial charge on any atom is -0.494 e. The smallest absolute Gasteiger partial charge is 0.285 e. The third-order valence-electron chi connectivity index (χ3n) is 3.52. The number of thiazole rings is 1. The van der Waals surface area contributed by atoms with Crippen molar-refractivity contribution in [2.24, 2.45) is 4.40 Å². The average Bonchev–Trinajstić information content (AvgIpc) is 2.92. The van der Waals surface area contributed by atoms with Gasteiger partial charge in [0.2, 0.25) is 4.80 Å². The van der Waals surface area contributed by atoms with Crippen LogP contribution in [0.5, 0.6) is 5.75 Å². The number of allylic oxidation sites excluding steroid dienone is 1. The fraction of sp³-hybridized carbons (Fsp3) is 0.167. The van der Waals surface area contributed by atoms with Gasteiger partial charge in [-0.1, -0.05) is 35.6 Å². The van der Waals surface area contributed by atoms with Gasteiger partial charge >= 0.3 is 0 Å². The Morgan fingerprint density at radius 3 is 2.68 bits per heavy atom. The number of aromatic nitrogens is 1. The van der Waals surface area contributed by atoms with Crippen molar-refractivity contribution in [2.75, 3.05) is 6.61 Å². The number of hydrogen-bond donors (Lipinski definition) is 0. The van der Waals surface area contributed by atoms with Gasteiger partial charge in [0.25, 0.3) is 10.0 Å². The molecule has 130 valence electrons. The summed E-state index contributed by atoms with van der Waals surface area (Å²) >= 11 is 1.31. The molecule has 5 nitrogen and oxygen atoms in total. The molecule has 7 heteroatoms. The number of sulfonamides is 1. The van der Waals surface area contributed by atoms with Gasteiger partial charge in [-0.15, -0.1) is 11.0 Å². The molecule has 1 heterocycles. The van der Waals surface area contributed by atoms with E-state index in [0.717, 1.165) is 16.0 Å². The molecule has 1 aromatic heterocycles. The molecule has 0 saturated carbocycles. The summed E-state index contributed by atoms with van der Waals surface area (Å²) in [7, 11) is -3.77. The number of benzene rings is 2. The average molecular weight is 374 g/mol. The van der Waals surface area contributed by atoms with E-state index in [1.54, 1.807) is 24.3 Å². The van der Waals surface area contributed by atoms with Crippen molar-refractivity contribution in [3.63, 3.8) is 0 Å². The monoisotopic (exact) mass is 374 g/mol. The molecule has 0 aliphatic carbocycles. The molecule has 0 radical (unpaired) electrons. The standard InChI is InChI=1S/C18H18N2O3S2/c1-3-12-20-16-11-10-14(23-4-2)13-17(16)24-18(20)19-25(21,22)15-8-6-5-7-9-15/h3,5-11,13H,1,4,12H2,2H3/b19-18-. The predicted molar refractivity (Wildman–Crippen MR) is 100 cm³/mol. The van der Waals surface area contributed by atoms with Gasteiger partial charge in [0.05, 0.1) is 21.7 Å². The second-order valence-electron chi connectivity index (χ2n) is 5.23. The second-order valence-corrected chi connectivity index (χ2v) is 7.84. The third kappa shape index (κ3) is 3.67. The van der Waals surface area contributed by atoms with Gasteiger partial charge in [0.1, 0.15) is 5.75 Å². The lowest BCUT2D eigenvalue weighted by atomic mass is 10.3. The highest BCUT2D eigenvalue weighted by molar-refractivity contribution is 7.90. The van der Waals surface area contributed by atoms with Crippen molar-refractivity contribution in [2.45, 2.75) is 18.4 Å². The Hall–Kier alpha value is -2.38. The van der Waals surface area contributed by atoms with Crippen molar-refractivity contribution >= 4 is 31.6 Å². The van der Waals surface area contributed by atoms with Crippen LogP contribution in [0, 0.1) is 0 Å². The Balaban J connectivity index is 2.20. The fourth-order valence-corrected chi connectivity index (χ4v) is 4.73. The molecule has 0 aliphatic rings. The van der Waals surface area contributed by atoms with Crippen LogP contribution in [0.3, 0.4) is 0 Å². The van der Waals surface area contributed by atoms with E-state index in [0.29, 0.717) is 18.0 Å². The summed E-state index contributed by atoms with van der Waals surface area (Å²) in [5.74, 6) is 0.750. The summed E-state index contributed by atoms with van der Waals surface area (Å²) in [6, 6.07) is 13.9. The van der Waals surface area contributed by atoms with E-state index in [4.69, 9.17) is 4.74 Å². The van der Waals surface area contributed by atoms with Crippen molar-refractivity contribution in [3.05, 3.63) is 66.0 Å². The zero-order chi connectivity index (χ0) is 17.9. The predicted octanol–water partition coefficient (Wildman–Crippen LogP) is 3.58. The van der Waals surface area contributed by atoms with Gasteiger partial charge in [-0.25, -0.2) is 0 Å². The topological polar surface area (TPSA) is 60.7 Å². The summed E-state index contributed by atoms with van der Waals surface area (Å²) in [6.07, 6.45) is 1.72. The van der Waals surface area contributed by atoms with Crippen LogP contribution in [0.4, 0.5) is 0 Å². The Labute approximate surface area is 150 Å². The molecule has 0 fully saturated rings. The van der Waals surface area contributed by atoms with Crippen LogP contribution < -0.4 is 9.54 Å². The maximum atomic E-state index is 12.6. The van der Waals surface area contributed by atoms with E-state index in [-0.39, 0.29) is 4.90 Å². The van der Waals surface area contributed by atoms with Gasteiger partial charge in [-0.3, -0.25) is 0 Å². The molecule has 0 bridgehead atoms. The highest BCUT2D eigenvalue weighted by Crippen LogP contribution is 2.24. The number of fused-ring (bicyclic) bond motifs is 1. The van der Waals surface area contributed by atoms with E-state index in [9.17, 15) is 8.42 Å². The molecular formula is C18H18N2O3S2. The molecule has 0 amide bonds. The first-order chi connectivity index (χ1) is 12.0. The van der Waals surface area contributed by atoms with Crippen LogP contribution in [0.2, 0.25) is 0 Å². The molecule has 25 heavy (non-hydrogen) atoms. The first-order valence-electron chi connectivity index (χ1n) is 7.78. The van der Waals surface area contributed by atoms with Crippen LogP contribution in [0.15, 0.2) is 70.5 Å². The molecule has 3 aromatic rings. The minimum absolute atomic E-state index is 0.174. The highest BCUT2D eigenvalue weighted by atomic mass is 32.2. The van der Waals surface area contributed by atoms with Crippen LogP contribution in [0.25, 0.3) is 10.2 Å². The number of nitrogens with zero attached hydrogens (tertiary/aromatic N) is 2. The van der Waals surface area contributed by atoms with Crippen LogP contribution >= 0.6 is 11.3 Å². The molecule has 0 aliphatic heterocycles. The molecule has 2 aromatic carbocycles. The molecule has 0 saturated heterocycles. The summed E-state index contributed by atoms with van der Waals surface area (Å²) in [5.41, 5.74) is 0.898. The lowest BCUT2D eigenvalue weighted by molar-refractivity contribution is 0.341. The van der Waals surface area contributed by atoms with Crippen molar-refractivity contribution in [1.82, 2.24) is 4.57 Å². The zero-order valence-electron chi connectivity index (χ0n) is 13.8. The van der Waals surface area contributed by atoms with Gasteiger partial charge in [-0.05, 0) is 37.3 Å². The Bertz CT molecular complexity index is 1060. The maximum absolute atomic E-state index is 12.6. The van der Waals surface area contributed by atoms with E-state index in [1.807, 2.05) is 29.7 Å². The molecule has 0 spiro atoms. The van der Waals surface area contributed by atoms with Gasteiger partial charge in [0.15, 0.2) is 0 Å². The summed E-state index contributed by atoms with van der Waals surface area (Å²) in [6.45, 7) is 6.72. The first-order valence-corrected chi connectivity index (χ1v) is 10.0. The minimum atomic E-state index is -3.77. The van der Waals surface area contributed by atoms with Crippen molar-refractivity contribution in [3.8, 4) is 5.75 Å². The van der Waals surface area contributed by atoms with Gasteiger partial charge < -0.3 is 9.30 Å². The Kier molecular flexibility index (Phi) is 5.06. The van der Waals surface area contributed by atoms with Crippen LogP contribution in [-0.2, 0) is 16.6 Å². The van der Waals surface area contributed by atoms with E-state index in [1.165, 1.54) is 23.5 Å². The zero-order valence-corrected chi connectivity index (χ0v) is 15.4. The van der Waals surface area contributed by atoms with E-state index in [2.05, 4.69) is 11.0 Å². The SMILES string of the molecule is C=CCn1/c(=N/S(=O)(=O)c2ccccc2)sc2cc(OCC)ccc21. The van der Waals surface area contributed by atoms with Gasteiger partial charge in [0, 0.05) is 6.54 Å². The van der Waals surface area contributed by atoms with E-state index < -0.39 is 10.0 Å². The first kappa shape index (κ1) is 17.4. The Morgan fingerprint density at radius 2 is 2.00 bits per heavy atom. The molecule has 0 N–H and O–H groups in total. The van der Waals surface area contributed by atoms with Gasteiger partial charge in [-0.2, -0.15) is 8.42 Å². The van der Waals surface area contributed by atoms with E-state index >= 15 is 0 Å². The quantitative estimate of drug-likeness (QED) is 0.620. The Morgan fingerprint density at radius 1 is 1.24 bits per heavy atom. The molecule has 0 unspecified atom stereocenters. The van der Waals surface area contributed by atoms with Crippen LogP contribution in [-0.4, -0.2) is 19.6 Å². The normalized spacial score (nSPS) is 12.4. The lowest BCUT2D eigenvalue weighted by Gasteiger charge is -2.04. The molecular weight excluding hydrogens is 356 g/mol. The molecule has 3 rings (SSSR count). The van der Waals surface area contributed by atoms with Crippen LogP contribution in [0.1, 0.15) is 6.92 Å². The summed E-state index contributed by atoms with van der Waals surface area (Å²) < 4.78 is 37.5. The summed E-state index contributed by atoms with van der Waals surface area (Å²) in [5, 5.41) is 0. The number of ether oxygens (including phenoxy) is 1. The highest BCUT2D eigenvalue weighted by Gasteiger charge is 2.14. The lowest BCUT2D eigenvalue weighted by Crippen LogP contribution is -2.16. The number of rotatable bonds is 6. The van der Waals surface area contributed by atoms with Crippen molar-refractivity contribution in [1.29, 1.82) is 0 Å². The maximum Gasteiger partial charge on any atom is 0.285 e. The molecule has 0 atom stereocenters. The second kappa shape index (κ2) is 7.25. The third-order valence-corrected chi connectivity index (χ3v) is 5.95. The summed E-state index contributed by atoms with van der Waals surface area (Å²) in [4.78, 5) is 0.583. The fourth-order valence-electron chi connectivity index (χ4n) is 2.43. The van der Waals surface area contributed by atoms with Crippen molar-refractivity contribution < 1.29 is 13.2 Å².